The predicted molar refractivity (Wildman–Crippen MR) is 24.4 cm³/mol. The Hall–Kier alpha value is 1.60. The number of hydrogen-bond donors (Lipinski definition) is 0. The van der Waals surface area contributed by atoms with Crippen LogP contribution in [0.15, 0.2) is 0 Å². The van der Waals surface area contributed by atoms with Gasteiger partial charge in [0.2, 0.25) is 0 Å². The second kappa shape index (κ2) is 7.60. The summed E-state index contributed by atoms with van der Waals surface area (Å²) in [6.07, 6.45) is 1.23. The molecule has 0 aliphatic rings. The maximum absolute atomic E-state index is 10.3. The van der Waals surface area contributed by atoms with Crippen molar-refractivity contribution in [3.05, 3.63) is 0 Å². The van der Waals surface area contributed by atoms with E-state index in [4.69, 9.17) is 0 Å². The summed E-state index contributed by atoms with van der Waals surface area (Å²) in [6, 6.07) is 0. The Balaban J connectivity index is 0. The zero-order chi connectivity index (χ0) is 4.99. The maximum Gasteiger partial charge on any atom is 1.00 e. The second-order valence-electron chi connectivity index (χ2n) is 1.44. The van der Waals surface area contributed by atoms with E-state index >= 15 is 0 Å². The topological polar surface area (TPSA) is 23.1 Å². The molecule has 2 heteroatoms. The van der Waals surface area contributed by atoms with Gasteiger partial charge < -0.3 is 5.11 Å². The van der Waals surface area contributed by atoms with E-state index in [2.05, 4.69) is 0 Å². The zero-order valence-electron chi connectivity index (χ0n) is 5.40. The van der Waals surface area contributed by atoms with Crippen LogP contribution in [0.5, 0.6) is 0 Å². The molecule has 0 bridgehead atoms. The molecule has 0 spiro atoms. The summed E-state index contributed by atoms with van der Waals surface area (Å²) in [6.45, 7) is 3.84. The molecule has 0 rings (SSSR count). The van der Waals surface area contributed by atoms with Gasteiger partial charge in [-0.05, 0) is 0 Å². The molecule has 0 aromatic rings. The van der Waals surface area contributed by atoms with Crippen LogP contribution in [0.25, 0.3) is 0 Å². The molecular formula is C5H11KO. The van der Waals surface area contributed by atoms with E-state index in [0.29, 0.717) is 0 Å². The quantitative estimate of drug-likeness (QED) is 0.376. The largest absolute Gasteiger partial charge is 1.00 e. The molecule has 38 valence electrons. The number of rotatable bonds is 2. The Bertz CT molecular complexity index is 27.3. The van der Waals surface area contributed by atoms with Crippen LogP contribution in [0.4, 0.5) is 0 Å². The third kappa shape index (κ3) is 7.60. The van der Waals surface area contributed by atoms with Crippen LogP contribution in [0, 0.1) is 0 Å². The molecule has 0 unspecified atom stereocenters. The van der Waals surface area contributed by atoms with Crippen molar-refractivity contribution in [2.45, 2.75) is 32.8 Å². The fourth-order valence-corrected chi connectivity index (χ4v) is 0.289. The van der Waals surface area contributed by atoms with Gasteiger partial charge in [-0.3, -0.25) is 0 Å². The summed E-state index contributed by atoms with van der Waals surface area (Å²) >= 11 is 0. The first-order valence-electron chi connectivity index (χ1n) is 2.47. The van der Waals surface area contributed by atoms with E-state index in [1.54, 1.807) is 0 Å². The first kappa shape index (κ1) is 11.4. The Labute approximate surface area is 87.9 Å². The molecule has 0 aliphatic carbocycles. The molecule has 0 aliphatic heterocycles. The molecule has 0 heterocycles. The van der Waals surface area contributed by atoms with Crippen LogP contribution in [-0.4, -0.2) is 6.10 Å². The maximum atomic E-state index is 10.3. The Morgan fingerprint density at radius 3 is 1.57 bits per heavy atom. The predicted octanol–water partition coefficient (Wildman–Crippen LogP) is -2.46. The van der Waals surface area contributed by atoms with Crippen molar-refractivity contribution in [2.24, 2.45) is 0 Å². The molecule has 1 nitrogen and oxygen atoms in total. The van der Waals surface area contributed by atoms with Crippen molar-refractivity contribution < 1.29 is 56.5 Å². The first-order chi connectivity index (χ1) is 2.81. The summed E-state index contributed by atoms with van der Waals surface area (Å²) in [4.78, 5) is 0. The first-order valence-corrected chi connectivity index (χ1v) is 2.47. The van der Waals surface area contributed by atoms with Crippen molar-refractivity contribution in [3.8, 4) is 0 Å². The van der Waals surface area contributed by atoms with Gasteiger partial charge >= 0.3 is 51.4 Å². The standard InChI is InChI=1S/C5H11O.K/c1-3-5(6)4-2;/h5H,3-4H2,1-2H3;/q-1;+1. The Morgan fingerprint density at radius 1 is 1.29 bits per heavy atom. The fourth-order valence-electron chi connectivity index (χ4n) is 0.289. The van der Waals surface area contributed by atoms with Gasteiger partial charge in [0.25, 0.3) is 0 Å². The van der Waals surface area contributed by atoms with Gasteiger partial charge in [-0.2, -0.15) is 0 Å². The van der Waals surface area contributed by atoms with Crippen molar-refractivity contribution >= 4 is 0 Å². The van der Waals surface area contributed by atoms with Crippen LogP contribution in [0.3, 0.4) is 0 Å². The van der Waals surface area contributed by atoms with E-state index in [1.807, 2.05) is 13.8 Å². The van der Waals surface area contributed by atoms with Gasteiger partial charge in [-0.1, -0.05) is 26.7 Å². The fraction of sp³-hybridized carbons (Fsp3) is 1.00. The summed E-state index contributed by atoms with van der Waals surface area (Å²) in [5.74, 6) is 0. The van der Waals surface area contributed by atoms with Crippen LogP contribution < -0.4 is 56.5 Å². The summed E-state index contributed by atoms with van der Waals surface area (Å²) < 4.78 is 0. The summed E-state index contributed by atoms with van der Waals surface area (Å²) in [5, 5.41) is 10.3. The number of hydrogen-bond acceptors (Lipinski definition) is 1. The van der Waals surface area contributed by atoms with Gasteiger partial charge in [-0.25, -0.2) is 0 Å². The zero-order valence-corrected chi connectivity index (χ0v) is 8.52. The van der Waals surface area contributed by atoms with Crippen LogP contribution in [-0.2, 0) is 0 Å². The summed E-state index contributed by atoms with van der Waals surface area (Å²) in [5.41, 5.74) is 0. The van der Waals surface area contributed by atoms with E-state index < -0.39 is 0 Å². The van der Waals surface area contributed by atoms with E-state index in [-0.39, 0.29) is 57.5 Å². The van der Waals surface area contributed by atoms with Crippen molar-refractivity contribution in [2.75, 3.05) is 0 Å². The van der Waals surface area contributed by atoms with E-state index in [0.717, 1.165) is 12.8 Å². The normalized spacial score (nSPS) is 8.57. The average molecular weight is 126 g/mol. The van der Waals surface area contributed by atoms with Crippen LogP contribution in [0.2, 0.25) is 0 Å². The van der Waals surface area contributed by atoms with Gasteiger partial charge in [0.15, 0.2) is 0 Å². The molecule has 7 heavy (non-hydrogen) atoms. The summed E-state index contributed by atoms with van der Waals surface area (Å²) in [7, 11) is 0. The molecule has 0 saturated heterocycles. The third-order valence-corrected chi connectivity index (χ3v) is 0.911. The Morgan fingerprint density at radius 2 is 1.57 bits per heavy atom. The van der Waals surface area contributed by atoms with Gasteiger partial charge in [0, 0.05) is 0 Å². The monoisotopic (exact) mass is 126 g/mol. The molecule has 0 atom stereocenters. The van der Waals surface area contributed by atoms with Crippen molar-refractivity contribution in [3.63, 3.8) is 0 Å². The van der Waals surface area contributed by atoms with Crippen LogP contribution >= 0.6 is 0 Å². The molecule has 0 fully saturated rings. The van der Waals surface area contributed by atoms with E-state index in [1.165, 1.54) is 0 Å². The smallest absolute Gasteiger partial charge is 0.852 e. The molecule has 0 amide bonds. The van der Waals surface area contributed by atoms with Crippen molar-refractivity contribution in [1.82, 2.24) is 0 Å². The third-order valence-electron chi connectivity index (χ3n) is 0.911. The van der Waals surface area contributed by atoms with E-state index in [9.17, 15) is 5.11 Å². The molecular weight excluding hydrogens is 115 g/mol. The van der Waals surface area contributed by atoms with Crippen molar-refractivity contribution in [1.29, 1.82) is 0 Å². The molecule has 0 N–H and O–H groups in total. The molecule has 0 saturated carbocycles. The average Bonchev–Trinajstić information content (AvgIpc) is 1.65. The molecule has 0 aromatic heterocycles. The molecule has 0 aromatic carbocycles. The molecule has 0 radical (unpaired) electrons. The van der Waals surface area contributed by atoms with Gasteiger partial charge in [0.05, 0.1) is 0 Å². The second-order valence-corrected chi connectivity index (χ2v) is 1.44. The van der Waals surface area contributed by atoms with Gasteiger partial charge in [-0.15, -0.1) is 6.10 Å². The minimum Gasteiger partial charge on any atom is -0.852 e. The minimum absolute atomic E-state index is 0. The SMILES string of the molecule is CCC([O-])CC.[K+]. The van der Waals surface area contributed by atoms with Crippen LogP contribution in [0.1, 0.15) is 26.7 Å². The van der Waals surface area contributed by atoms with Gasteiger partial charge in [0.1, 0.15) is 0 Å². The minimum atomic E-state index is -0.315. The Kier molecular flexibility index (Phi) is 12.4.